The Labute approximate surface area is 143 Å². The third kappa shape index (κ3) is 3.29. The molecular weight excluding hydrogens is 302 g/mol. The van der Waals surface area contributed by atoms with Crippen molar-refractivity contribution in [2.45, 2.75) is 59.7 Å². The lowest BCUT2D eigenvalue weighted by Gasteiger charge is -2.25. The van der Waals surface area contributed by atoms with Crippen molar-refractivity contribution in [1.82, 2.24) is 24.6 Å². The second-order valence-corrected chi connectivity index (χ2v) is 6.70. The Morgan fingerprint density at radius 3 is 2.71 bits per heavy atom. The van der Waals surface area contributed by atoms with E-state index in [2.05, 4.69) is 26.9 Å². The summed E-state index contributed by atoms with van der Waals surface area (Å²) in [5.41, 5.74) is 3.34. The molecule has 1 atom stereocenters. The molecule has 0 aromatic carbocycles. The predicted octanol–water partition coefficient (Wildman–Crippen LogP) is 2.58. The molecule has 1 fully saturated rings. The standard InChI is InChI=1S/C18H27N5O/c1-12-9-19-17(13(2)18(12)24-5)11-22-8-6-7-16(22)10-23-15(4)20-14(3)21-23/h9,16H,6-8,10-11H2,1-5H3/t16-/m1/s1. The third-order valence-electron chi connectivity index (χ3n) is 4.95. The third-order valence-corrected chi connectivity index (χ3v) is 4.95. The van der Waals surface area contributed by atoms with E-state index < -0.39 is 0 Å². The lowest BCUT2D eigenvalue weighted by atomic mass is 10.1. The smallest absolute Gasteiger partial charge is 0.147 e. The van der Waals surface area contributed by atoms with E-state index in [0.29, 0.717) is 6.04 Å². The summed E-state index contributed by atoms with van der Waals surface area (Å²) in [6.07, 6.45) is 4.33. The second kappa shape index (κ2) is 6.89. The highest BCUT2D eigenvalue weighted by atomic mass is 16.5. The molecule has 1 aliphatic heterocycles. The molecule has 0 aliphatic carbocycles. The average Bonchev–Trinajstić information content (AvgIpc) is 3.09. The zero-order chi connectivity index (χ0) is 17.3. The number of ether oxygens (including phenoxy) is 1. The second-order valence-electron chi connectivity index (χ2n) is 6.70. The van der Waals surface area contributed by atoms with Crippen LogP contribution in [0.1, 0.15) is 41.3 Å². The maximum atomic E-state index is 5.54. The van der Waals surface area contributed by atoms with E-state index in [1.54, 1.807) is 7.11 Å². The molecule has 3 heterocycles. The summed E-state index contributed by atoms with van der Waals surface area (Å²) >= 11 is 0. The first-order valence-electron chi connectivity index (χ1n) is 8.60. The molecule has 0 unspecified atom stereocenters. The largest absolute Gasteiger partial charge is 0.496 e. The Hall–Kier alpha value is -1.95. The van der Waals surface area contributed by atoms with Gasteiger partial charge in [-0.25, -0.2) is 9.67 Å². The summed E-state index contributed by atoms with van der Waals surface area (Å²) in [5.74, 6) is 2.79. The van der Waals surface area contributed by atoms with Crippen LogP contribution in [0.2, 0.25) is 0 Å². The molecule has 1 aliphatic rings. The molecule has 0 radical (unpaired) electrons. The molecule has 2 aromatic rings. The van der Waals surface area contributed by atoms with Crippen LogP contribution in [-0.2, 0) is 13.1 Å². The van der Waals surface area contributed by atoms with Gasteiger partial charge < -0.3 is 4.74 Å². The van der Waals surface area contributed by atoms with Gasteiger partial charge in [0, 0.05) is 29.9 Å². The van der Waals surface area contributed by atoms with Crippen LogP contribution in [0.3, 0.4) is 0 Å². The predicted molar refractivity (Wildman–Crippen MR) is 93.2 cm³/mol. The summed E-state index contributed by atoms with van der Waals surface area (Å²) in [7, 11) is 1.73. The minimum atomic E-state index is 0.485. The molecule has 0 saturated carbocycles. The molecule has 6 nitrogen and oxygen atoms in total. The number of hydrogen-bond acceptors (Lipinski definition) is 5. The van der Waals surface area contributed by atoms with Crippen molar-refractivity contribution in [1.29, 1.82) is 0 Å². The molecule has 0 spiro atoms. The Balaban J connectivity index is 1.76. The van der Waals surface area contributed by atoms with Gasteiger partial charge in [-0.3, -0.25) is 9.88 Å². The molecule has 2 aromatic heterocycles. The SMILES string of the molecule is COc1c(C)cnc(CN2CCC[C@@H]2Cn2nc(C)nc2C)c1C. The summed E-state index contributed by atoms with van der Waals surface area (Å²) in [5, 5.41) is 4.51. The van der Waals surface area contributed by atoms with Crippen LogP contribution >= 0.6 is 0 Å². The van der Waals surface area contributed by atoms with Gasteiger partial charge in [0.25, 0.3) is 0 Å². The molecule has 3 rings (SSSR count). The van der Waals surface area contributed by atoms with Crippen molar-refractivity contribution in [3.63, 3.8) is 0 Å². The topological polar surface area (TPSA) is 56.1 Å². The van der Waals surface area contributed by atoms with Gasteiger partial charge in [0.2, 0.25) is 0 Å². The van der Waals surface area contributed by atoms with Crippen LogP contribution in [0, 0.1) is 27.7 Å². The quantitative estimate of drug-likeness (QED) is 0.844. The van der Waals surface area contributed by atoms with E-state index in [9.17, 15) is 0 Å². The van der Waals surface area contributed by atoms with E-state index in [4.69, 9.17) is 4.74 Å². The number of hydrogen-bond donors (Lipinski definition) is 0. The molecule has 1 saturated heterocycles. The van der Waals surface area contributed by atoms with E-state index in [0.717, 1.165) is 53.9 Å². The molecule has 0 amide bonds. The number of likely N-dealkylation sites (tertiary alicyclic amines) is 1. The number of methoxy groups -OCH3 is 1. The maximum Gasteiger partial charge on any atom is 0.147 e. The van der Waals surface area contributed by atoms with Gasteiger partial charge in [-0.15, -0.1) is 0 Å². The normalized spacial score (nSPS) is 18.3. The number of rotatable bonds is 5. The van der Waals surface area contributed by atoms with Gasteiger partial charge >= 0.3 is 0 Å². The van der Waals surface area contributed by atoms with Crippen LogP contribution in [0.15, 0.2) is 6.20 Å². The van der Waals surface area contributed by atoms with Crippen molar-refractivity contribution in [3.8, 4) is 5.75 Å². The summed E-state index contributed by atoms with van der Waals surface area (Å²) in [6.45, 7) is 11.0. The van der Waals surface area contributed by atoms with Crippen molar-refractivity contribution in [2.24, 2.45) is 0 Å². The number of nitrogens with zero attached hydrogens (tertiary/aromatic N) is 5. The maximum absolute atomic E-state index is 5.54. The fourth-order valence-electron chi connectivity index (χ4n) is 3.67. The lowest BCUT2D eigenvalue weighted by molar-refractivity contribution is 0.214. The van der Waals surface area contributed by atoms with Crippen LogP contribution in [0.25, 0.3) is 0 Å². The van der Waals surface area contributed by atoms with Crippen molar-refractivity contribution >= 4 is 0 Å². The summed E-state index contributed by atoms with van der Waals surface area (Å²) in [6, 6.07) is 0.485. The Bertz CT molecular complexity index is 724. The minimum Gasteiger partial charge on any atom is -0.496 e. The van der Waals surface area contributed by atoms with Gasteiger partial charge in [0.15, 0.2) is 0 Å². The minimum absolute atomic E-state index is 0.485. The van der Waals surface area contributed by atoms with Gasteiger partial charge in [0.1, 0.15) is 17.4 Å². The summed E-state index contributed by atoms with van der Waals surface area (Å²) < 4.78 is 7.58. The van der Waals surface area contributed by atoms with Crippen molar-refractivity contribution in [3.05, 3.63) is 34.7 Å². The molecule has 24 heavy (non-hydrogen) atoms. The van der Waals surface area contributed by atoms with Gasteiger partial charge in [-0.1, -0.05) is 0 Å². The monoisotopic (exact) mass is 329 g/mol. The van der Waals surface area contributed by atoms with Crippen LogP contribution in [0.4, 0.5) is 0 Å². The Kier molecular flexibility index (Phi) is 4.85. The van der Waals surface area contributed by atoms with E-state index in [1.807, 2.05) is 31.6 Å². The van der Waals surface area contributed by atoms with Crippen molar-refractivity contribution in [2.75, 3.05) is 13.7 Å². The van der Waals surface area contributed by atoms with Gasteiger partial charge in [-0.2, -0.15) is 5.10 Å². The first kappa shape index (κ1) is 16.9. The van der Waals surface area contributed by atoms with Gasteiger partial charge in [-0.05, 0) is 47.1 Å². The zero-order valence-corrected chi connectivity index (χ0v) is 15.3. The average molecular weight is 329 g/mol. The van der Waals surface area contributed by atoms with Crippen LogP contribution in [-0.4, -0.2) is 44.3 Å². The zero-order valence-electron chi connectivity index (χ0n) is 15.3. The van der Waals surface area contributed by atoms with Crippen LogP contribution in [0.5, 0.6) is 5.75 Å². The highest BCUT2D eigenvalue weighted by molar-refractivity contribution is 5.41. The summed E-state index contributed by atoms with van der Waals surface area (Å²) in [4.78, 5) is 11.6. The lowest BCUT2D eigenvalue weighted by Crippen LogP contribution is -2.33. The van der Waals surface area contributed by atoms with Gasteiger partial charge in [0.05, 0.1) is 19.3 Å². The number of aryl methyl sites for hydroxylation is 3. The first-order chi connectivity index (χ1) is 11.5. The number of aromatic nitrogens is 4. The van der Waals surface area contributed by atoms with Crippen LogP contribution < -0.4 is 4.74 Å². The van der Waals surface area contributed by atoms with E-state index >= 15 is 0 Å². The Morgan fingerprint density at radius 2 is 2.04 bits per heavy atom. The fourth-order valence-corrected chi connectivity index (χ4v) is 3.67. The van der Waals surface area contributed by atoms with Crippen molar-refractivity contribution < 1.29 is 4.74 Å². The Morgan fingerprint density at radius 1 is 1.25 bits per heavy atom. The first-order valence-corrected chi connectivity index (χ1v) is 8.60. The molecule has 130 valence electrons. The molecular formula is C18H27N5O. The molecule has 0 bridgehead atoms. The molecule has 6 heteroatoms. The number of pyridine rings is 1. The highest BCUT2D eigenvalue weighted by Crippen LogP contribution is 2.27. The van der Waals surface area contributed by atoms with E-state index in [-0.39, 0.29) is 0 Å². The highest BCUT2D eigenvalue weighted by Gasteiger charge is 2.27. The van der Waals surface area contributed by atoms with E-state index in [1.165, 1.54) is 12.8 Å². The fraction of sp³-hybridized carbons (Fsp3) is 0.611. The molecule has 0 N–H and O–H groups in total.